The van der Waals surface area contributed by atoms with Crippen molar-refractivity contribution in [3.63, 3.8) is 0 Å². The van der Waals surface area contributed by atoms with E-state index in [0.717, 1.165) is 109 Å². The summed E-state index contributed by atoms with van der Waals surface area (Å²) in [7, 11) is 0. The van der Waals surface area contributed by atoms with E-state index in [-0.39, 0.29) is 19.4 Å². The number of hydrogen-bond acceptors (Lipinski definition) is 10. The molecule has 468 valence electrons. The van der Waals surface area contributed by atoms with Gasteiger partial charge in [0.25, 0.3) is 0 Å². The molecule has 8 unspecified atom stereocenters. The quantitative estimate of drug-likeness (QED) is 0.0195. The molecule has 0 bridgehead atoms. The van der Waals surface area contributed by atoms with Gasteiger partial charge in [-0.05, 0) is 77.0 Å². The summed E-state index contributed by atoms with van der Waals surface area (Å²) in [6.45, 7) is 5.68. The Hall–Kier alpha value is -3.16. The van der Waals surface area contributed by atoms with Crippen LogP contribution < -0.4 is 5.32 Å². The minimum absolute atomic E-state index is 0.122. The number of nitrogens with one attached hydrogen (secondary N) is 1. The fraction of sp³-hybridized carbons (Fsp3) is 0.771. The van der Waals surface area contributed by atoms with Gasteiger partial charge >= 0.3 is 5.97 Å². The maximum Gasteiger partial charge on any atom is 0.306 e. The third-order valence-corrected chi connectivity index (χ3v) is 15.3. The van der Waals surface area contributed by atoms with Gasteiger partial charge in [0.05, 0.1) is 25.4 Å². The summed E-state index contributed by atoms with van der Waals surface area (Å²) in [6, 6.07) is -1.04. The number of ether oxygens (including phenoxy) is 3. The first-order valence-corrected chi connectivity index (χ1v) is 33.4. The number of unbranched alkanes of at least 4 members (excludes halogenated alkanes) is 30. The van der Waals surface area contributed by atoms with E-state index in [4.69, 9.17) is 14.2 Å². The number of aliphatic hydroxyl groups excluding tert-OH is 5. The number of amides is 1. The number of carbonyl (C=O) groups is 2. The van der Waals surface area contributed by atoms with Crippen molar-refractivity contribution in [2.75, 3.05) is 13.2 Å². The normalized spacial score (nSPS) is 19.2. The number of rotatable bonds is 56. The molecular weight excluding hydrogens is 1010 g/mol. The highest BCUT2D eigenvalue weighted by Gasteiger charge is 2.47. The van der Waals surface area contributed by atoms with Crippen molar-refractivity contribution in [1.29, 1.82) is 0 Å². The molecule has 1 aliphatic heterocycles. The maximum atomic E-state index is 13.5. The molecule has 6 N–H and O–H groups in total. The molecule has 1 amide bonds. The highest BCUT2D eigenvalue weighted by Crippen LogP contribution is 2.26. The molecule has 1 fully saturated rings. The van der Waals surface area contributed by atoms with E-state index in [9.17, 15) is 35.1 Å². The first-order chi connectivity index (χ1) is 39.7. The van der Waals surface area contributed by atoms with Crippen LogP contribution >= 0.6 is 0 Å². The van der Waals surface area contributed by atoms with Crippen LogP contribution in [0, 0.1) is 0 Å². The van der Waals surface area contributed by atoms with Gasteiger partial charge in [-0.15, -0.1) is 0 Å². The zero-order valence-electron chi connectivity index (χ0n) is 51.9. The predicted molar refractivity (Wildman–Crippen MR) is 338 cm³/mol. The Morgan fingerprint density at radius 1 is 0.494 bits per heavy atom. The molecule has 0 aromatic carbocycles. The summed E-state index contributed by atoms with van der Waals surface area (Å²) in [4.78, 5) is 26.6. The van der Waals surface area contributed by atoms with Crippen LogP contribution in [0.5, 0.6) is 0 Å². The lowest BCUT2D eigenvalue weighted by Gasteiger charge is -2.41. The van der Waals surface area contributed by atoms with E-state index >= 15 is 0 Å². The molecule has 0 spiro atoms. The van der Waals surface area contributed by atoms with E-state index < -0.39 is 67.4 Å². The van der Waals surface area contributed by atoms with Gasteiger partial charge in [-0.25, -0.2) is 0 Å². The number of aliphatic hydroxyl groups is 5. The molecule has 0 aromatic heterocycles. The molecular formula is C70H123NO10. The van der Waals surface area contributed by atoms with Gasteiger partial charge in [0.15, 0.2) is 12.4 Å². The second-order valence-corrected chi connectivity index (χ2v) is 22.8. The van der Waals surface area contributed by atoms with Gasteiger partial charge < -0.3 is 45.1 Å². The van der Waals surface area contributed by atoms with Crippen LogP contribution in [0.4, 0.5) is 0 Å². The van der Waals surface area contributed by atoms with Gasteiger partial charge in [-0.2, -0.15) is 0 Å². The highest BCUT2D eigenvalue weighted by atomic mass is 16.7. The smallest absolute Gasteiger partial charge is 0.306 e. The van der Waals surface area contributed by atoms with Crippen molar-refractivity contribution >= 4 is 11.9 Å². The lowest BCUT2D eigenvalue weighted by Crippen LogP contribution is -2.61. The number of hydrogen-bond donors (Lipinski definition) is 6. The summed E-state index contributed by atoms with van der Waals surface area (Å²) < 4.78 is 17.6. The van der Waals surface area contributed by atoms with Crippen LogP contribution in [0.25, 0.3) is 0 Å². The fourth-order valence-electron chi connectivity index (χ4n) is 10.1. The van der Waals surface area contributed by atoms with E-state index in [2.05, 4.69) is 99.0 Å². The minimum atomic E-state index is -1.62. The van der Waals surface area contributed by atoms with Gasteiger partial charge in [-0.1, -0.05) is 286 Å². The summed E-state index contributed by atoms with van der Waals surface area (Å²) in [5.41, 5.74) is 0. The van der Waals surface area contributed by atoms with Gasteiger partial charge in [0.2, 0.25) is 5.91 Å². The first-order valence-electron chi connectivity index (χ1n) is 33.4. The summed E-state index contributed by atoms with van der Waals surface area (Å²) in [5, 5.41) is 57.1. The van der Waals surface area contributed by atoms with Gasteiger partial charge in [0.1, 0.15) is 24.4 Å². The molecule has 11 heteroatoms. The maximum absolute atomic E-state index is 13.5. The third kappa shape index (κ3) is 45.0. The lowest BCUT2D eigenvalue weighted by molar-refractivity contribution is -0.305. The molecule has 0 saturated carbocycles. The molecule has 8 atom stereocenters. The minimum Gasteiger partial charge on any atom is -0.454 e. The van der Waals surface area contributed by atoms with Crippen LogP contribution in [0.15, 0.2) is 85.1 Å². The first kappa shape index (κ1) is 75.9. The van der Waals surface area contributed by atoms with Crippen molar-refractivity contribution in [2.45, 2.75) is 333 Å². The Morgan fingerprint density at radius 3 is 1.33 bits per heavy atom. The van der Waals surface area contributed by atoms with Crippen LogP contribution in [0.2, 0.25) is 0 Å². The van der Waals surface area contributed by atoms with E-state index in [1.807, 2.05) is 6.08 Å². The molecule has 0 aromatic rings. The zero-order chi connectivity index (χ0) is 58.9. The van der Waals surface area contributed by atoms with Crippen molar-refractivity contribution in [3.8, 4) is 0 Å². The summed E-state index contributed by atoms with van der Waals surface area (Å²) in [6.07, 6.45) is 64.7. The molecule has 11 nitrogen and oxygen atoms in total. The Balaban J connectivity index is 2.65. The number of allylic oxidation sites excluding steroid dienone is 13. The SMILES string of the molecule is CC/C=C\C/C=C\C/C=C\C/C=C\C/C=C\C/C=C\CCCCCCCC(O)C(=O)NC(COC1OC(CO)C(O)C(O)C1OC(=O)CCCCCCCCCCCCCCCCC)C(O)/C=C/CCCCCCCCCCCCC. The van der Waals surface area contributed by atoms with Gasteiger partial charge in [-0.3, -0.25) is 9.59 Å². The van der Waals surface area contributed by atoms with Crippen molar-refractivity contribution in [2.24, 2.45) is 0 Å². The molecule has 1 saturated heterocycles. The van der Waals surface area contributed by atoms with Gasteiger partial charge in [0, 0.05) is 6.42 Å². The van der Waals surface area contributed by atoms with Crippen LogP contribution in [-0.4, -0.2) is 99.6 Å². The van der Waals surface area contributed by atoms with Crippen molar-refractivity contribution < 1.29 is 49.3 Å². The summed E-state index contributed by atoms with van der Waals surface area (Å²) >= 11 is 0. The van der Waals surface area contributed by atoms with Crippen LogP contribution in [-0.2, 0) is 23.8 Å². The third-order valence-electron chi connectivity index (χ3n) is 15.3. The van der Waals surface area contributed by atoms with Crippen molar-refractivity contribution in [1.82, 2.24) is 5.32 Å². The van der Waals surface area contributed by atoms with E-state index in [0.29, 0.717) is 12.8 Å². The predicted octanol–water partition coefficient (Wildman–Crippen LogP) is 16.5. The largest absolute Gasteiger partial charge is 0.454 e. The monoisotopic (exact) mass is 1140 g/mol. The Labute approximate surface area is 495 Å². The second kappa shape index (κ2) is 57.3. The second-order valence-electron chi connectivity index (χ2n) is 22.8. The van der Waals surface area contributed by atoms with E-state index in [1.54, 1.807) is 6.08 Å². The zero-order valence-corrected chi connectivity index (χ0v) is 51.9. The Bertz CT molecular complexity index is 1640. The molecule has 1 aliphatic rings. The fourth-order valence-corrected chi connectivity index (χ4v) is 10.1. The molecule has 81 heavy (non-hydrogen) atoms. The molecule has 1 rings (SSSR count). The number of esters is 1. The van der Waals surface area contributed by atoms with Crippen LogP contribution in [0.1, 0.15) is 284 Å². The topological polar surface area (TPSA) is 175 Å². The Kier molecular flexibility index (Phi) is 53.6. The lowest BCUT2D eigenvalue weighted by atomic mass is 9.99. The van der Waals surface area contributed by atoms with E-state index in [1.165, 1.54) is 128 Å². The highest BCUT2D eigenvalue weighted by molar-refractivity contribution is 5.80. The average molecular weight is 1140 g/mol. The average Bonchev–Trinajstić information content (AvgIpc) is 3.46. The molecule has 0 aliphatic carbocycles. The van der Waals surface area contributed by atoms with Crippen LogP contribution in [0.3, 0.4) is 0 Å². The molecule has 1 heterocycles. The standard InChI is InChI=1S/C70H123NO10/c1-4-7-10-13-16-19-22-25-27-28-29-30-31-32-33-34-35-37-39-42-45-48-51-54-57-63(74)69(78)71-61(62(73)56-53-50-47-44-41-38-24-21-18-15-12-9-6-3)60-79-70-68(67(77)66(76)64(59-72)80-70)81-65(75)58-55-52-49-46-43-40-36-26-23-20-17-14-11-8-5-2/h7,10,16,19,25,27,29-30,32-33,35,37,53,56,61-64,66-68,70,72-74,76-77H,4-6,8-9,11-15,17-18,20-24,26,28,31,34,36,38-52,54-55,57-60H2,1-3H3,(H,71,78)/b10-7-,19-16-,27-25-,30-29-,33-32-,37-35-,56-53+. The molecule has 0 radical (unpaired) electrons. The Morgan fingerprint density at radius 2 is 0.889 bits per heavy atom. The van der Waals surface area contributed by atoms with Crippen molar-refractivity contribution in [3.05, 3.63) is 85.1 Å². The summed E-state index contributed by atoms with van der Waals surface area (Å²) in [5.74, 6) is -1.21. The number of carbonyl (C=O) groups excluding carboxylic acids is 2.